The van der Waals surface area contributed by atoms with Crippen LogP contribution in [0, 0.1) is 5.82 Å². The lowest BCUT2D eigenvalue weighted by Crippen LogP contribution is -2.16. The van der Waals surface area contributed by atoms with E-state index in [9.17, 15) is 9.18 Å². The smallest absolute Gasteiger partial charge is 0.274 e. The average molecular weight is 338 g/mol. The van der Waals surface area contributed by atoms with Gasteiger partial charge in [0.2, 0.25) is 0 Å². The lowest BCUT2D eigenvalue weighted by Gasteiger charge is -2.06. The van der Waals surface area contributed by atoms with Gasteiger partial charge in [-0.15, -0.1) is 0 Å². The van der Waals surface area contributed by atoms with Crippen LogP contribution in [-0.4, -0.2) is 16.4 Å². The Morgan fingerprint density at radius 1 is 1.08 bits per heavy atom. The number of aromatic amines is 1. The van der Waals surface area contributed by atoms with E-state index in [2.05, 4.69) is 5.10 Å². The highest BCUT2D eigenvalue weighted by atomic mass is 19.1. The predicted molar refractivity (Wildman–Crippen MR) is 94.0 cm³/mol. The van der Waals surface area contributed by atoms with Gasteiger partial charge in [0.1, 0.15) is 11.6 Å². The number of aromatic nitrogens is 2. The number of hydrogen-bond donors (Lipinski definition) is 1. The monoisotopic (exact) mass is 338 g/mol. The van der Waals surface area contributed by atoms with Crippen LogP contribution in [-0.2, 0) is 6.42 Å². The Morgan fingerprint density at radius 2 is 1.80 bits per heavy atom. The molecule has 0 bridgehead atoms. The van der Waals surface area contributed by atoms with Crippen molar-refractivity contribution >= 4 is 0 Å². The van der Waals surface area contributed by atoms with Crippen molar-refractivity contribution < 1.29 is 9.13 Å². The first-order chi connectivity index (χ1) is 12.2. The topological polar surface area (TPSA) is 47.0 Å². The van der Waals surface area contributed by atoms with E-state index in [4.69, 9.17) is 4.74 Å². The van der Waals surface area contributed by atoms with Gasteiger partial charge in [0.25, 0.3) is 5.56 Å². The molecule has 0 spiro atoms. The summed E-state index contributed by atoms with van der Waals surface area (Å²) < 4.78 is 20.2. The van der Waals surface area contributed by atoms with Crippen LogP contribution in [0.4, 0.5) is 4.39 Å². The summed E-state index contributed by atoms with van der Waals surface area (Å²) in [6, 6.07) is 15.5. The zero-order valence-electron chi connectivity index (χ0n) is 13.7. The van der Waals surface area contributed by atoms with Gasteiger partial charge in [0.05, 0.1) is 12.3 Å². The lowest BCUT2D eigenvalue weighted by atomic mass is 10.1. The molecule has 0 atom stereocenters. The van der Waals surface area contributed by atoms with E-state index in [1.54, 1.807) is 16.8 Å². The Morgan fingerprint density at radius 3 is 2.48 bits per heavy atom. The zero-order chi connectivity index (χ0) is 17.2. The van der Waals surface area contributed by atoms with Gasteiger partial charge in [-0.05, 0) is 55.2 Å². The van der Waals surface area contributed by atoms with Crippen LogP contribution in [0.15, 0.2) is 59.4 Å². The molecule has 0 aliphatic heterocycles. The van der Waals surface area contributed by atoms with Crippen molar-refractivity contribution in [3.05, 3.63) is 82.0 Å². The summed E-state index contributed by atoms with van der Waals surface area (Å²) in [5.74, 6) is 0.696. The molecule has 1 aromatic heterocycles. The lowest BCUT2D eigenvalue weighted by molar-refractivity contribution is 0.319. The molecule has 2 aromatic carbocycles. The number of ether oxygens (including phenoxy) is 1. The van der Waals surface area contributed by atoms with Crippen LogP contribution < -0.4 is 10.3 Å². The van der Waals surface area contributed by atoms with Gasteiger partial charge in [-0.2, -0.15) is 0 Å². The first kappa shape index (κ1) is 15.7. The Labute approximate surface area is 144 Å². The highest BCUT2D eigenvalue weighted by molar-refractivity contribution is 5.35. The summed E-state index contributed by atoms with van der Waals surface area (Å²) in [6.07, 6.45) is 2.74. The van der Waals surface area contributed by atoms with E-state index >= 15 is 0 Å². The molecule has 25 heavy (non-hydrogen) atoms. The summed E-state index contributed by atoms with van der Waals surface area (Å²) in [5.41, 5.74) is 2.68. The van der Waals surface area contributed by atoms with Gasteiger partial charge in [0, 0.05) is 17.7 Å². The molecule has 0 saturated heterocycles. The molecule has 0 radical (unpaired) electrons. The number of nitrogens with zero attached hydrogens (tertiary/aromatic N) is 1. The maximum Gasteiger partial charge on any atom is 0.274 e. The fourth-order valence-corrected chi connectivity index (χ4v) is 3.04. The molecule has 0 amide bonds. The van der Waals surface area contributed by atoms with Crippen molar-refractivity contribution in [2.24, 2.45) is 0 Å². The fourth-order valence-electron chi connectivity index (χ4n) is 3.04. The summed E-state index contributed by atoms with van der Waals surface area (Å²) >= 11 is 0. The van der Waals surface area contributed by atoms with E-state index in [1.807, 2.05) is 30.3 Å². The molecule has 1 aliphatic carbocycles. The first-order valence-corrected chi connectivity index (χ1v) is 8.50. The summed E-state index contributed by atoms with van der Waals surface area (Å²) in [6.45, 7) is 0.431. The van der Waals surface area contributed by atoms with Gasteiger partial charge in [-0.25, -0.2) is 9.07 Å². The van der Waals surface area contributed by atoms with Gasteiger partial charge in [-0.3, -0.25) is 9.89 Å². The number of nitrogens with one attached hydrogen (secondary N) is 1. The molecule has 1 N–H and O–H groups in total. The van der Waals surface area contributed by atoms with Crippen LogP contribution in [0.25, 0.3) is 5.69 Å². The van der Waals surface area contributed by atoms with E-state index in [0.29, 0.717) is 24.7 Å². The highest BCUT2D eigenvalue weighted by Gasteiger charge is 2.31. The van der Waals surface area contributed by atoms with Crippen LogP contribution in [0.5, 0.6) is 5.75 Å². The third-order valence-corrected chi connectivity index (χ3v) is 4.44. The third kappa shape index (κ3) is 3.36. The largest absolute Gasteiger partial charge is 0.493 e. The van der Waals surface area contributed by atoms with Gasteiger partial charge >= 0.3 is 0 Å². The minimum atomic E-state index is -0.285. The number of rotatable bonds is 6. The van der Waals surface area contributed by atoms with Crippen molar-refractivity contribution in [1.29, 1.82) is 0 Å². The van der Waals surface area contributed by atoms with Gasteiger partial charge in [0.15, 0.2) is 0 Å². The van der Waals surface area contributed by atoms with E-state index in [1.165, 1.54) is 12.1 Å². The van der Waals surface area contributed by atoms with Crippen LogP contribution in [0.1, 0.15) is 30.0 Å². The predicted octanol–water partition coefficient (Wildman–Crippen LogP) is 3.80. The van der Waals surface area contributed by atoms with Gasteiger partial charge in [-0.1, -0.05) is 18.2 Å². The Kier molecular flexibility index (Phi) is 4.14. The van der Waals surface area contributed by atoms with E-state index < -0.39 is 0 Å². The Bertz CT molecular complexity index is 909. The maximum absolute atomic E-state index is 12.9. The minimum absolute atomic E-state index is 0.0329. The highest BCUT2D eigenvalue weighted by Crippen LogP contribution is 2.40. The minimum Gasteiger partial charge on any atom is -0.493 e. The average Bonchev–Trinajstić information content (AvgIpc) is 3.41. The normalized spacial score (nSPS) is 13.8. The summed E-state index contributed by atoms with van der Waals surface area (Å²) in [5, 5.41) is 3.25. The standard InChI is InChI=1S/C20H19FN2O2/c21-15-8-10-17(11-9-15)25-13-12-18-19(14-6-7-14)20(24)23(22-18)16-4-2-1-3-5-16/h1-5,8-11,14,22H,6-7,12-13H2. The maximum atomic E-state index is 12.9. The van der Waals surface area contributed by atoms with Crippen LogP contribution in [0.2, 0.25) is 0 Å². The molecule has 128 valence electrons. The summed E-state index contributed by atoms with van der Waals surface area (Å²) in [4.78, 5) is 12.8. The Hall–Kier alpha value is -2.82. The second-order valence-corrected chi connectivity index (χ2v) is 6.31. The van der Waals surface area contributed by atoms with E-state index in [-0.39, 0.29) is 11.4 Å². The number of H-pyrrole nitrogens is 1. The van der Waals surface area contributed by atoms with Crippen molar-refractivity contribution in [1.82, 2.24) is 9.78 Å². The third-order valence-electron chi connectivity index (χ3n) is 4.44. The van der Waals surface area contributed by atoms with E-state index in [0.717, 1.165) is 29.8 Å². The second-order valence-electron chi connectivity index (χ2n) is 6.31. The van der Waals surface area contributed by atoms with Crippen LogP contribution >= 0.6 is 0 Å². The number of benzene rings is 2. The number of halogens is 1. The molecule has 3 aromatic rings. The molecule has 1 aliphatic rings. The molecule has 5 heteroatoms. The Balaban J connectivity index is 1.54. The first-order valence-electron chi connectivity index (χ1n) is 8.50. The molecular formula is C20H19FN2O2. The molecule has 1 fully saturated rings. The molecule has 1 saturated carbocycles. The van der Waals surface area contributed by atoms with Gasteiger partial charge < -0.3 is 4.74 Å². The van der Waals surface area contributed by atoms with Crippen molar-refractivity contribution in [3.63, 3.8) is 0 Å². The number of hydrogen-bond acceptors (Lipinski definition) is 2. The zero-order valence-corrected chi connectivity index (χ0v) is 13.7. The molecular weight excluding hydrogens is 319 g/mol. The SMILES string of the molecule is O=c1c(C2CC2)c(CCOc2ccc(F)cc2)[nH]n1-c1ccccc1. The van der Waals surface area contributed by atoms with Crippen molar-refractivity contribution in [3.8, 4) is 11.4 Å². The quantitative estimate of drug-likeness (QED) is 0.743. The molecule has 4 rings (SSSR count). The number of para-hydroxylation sites is 1. The van der Waals surface area contributed by atoms with Crippen molar-refractivity contribution in [2.45, 2.75) is 25.2 Å². The molecule has 0 unspecified atom stereocenters. The van der Waals surface area contributed by atoms with Crippen molar-refractivity contribution in [2.75, 3.05) is 6.61 Å². The van der Waals surface area contributed by atoms with Crippen LogP contribution in [0.3, 0.4) is 0 Å². The molecule has 4 nitrogen and oxygen atoms in total. The summed E-state index contributed by atoms with van der Waals surface area (Å²) in [7, 11) is 0. The molecule has 1 heterocycles. The second kappa shape index (κ2) is 6.59. The fraction of sp³-hybridized carbons (Fsp3) is 0.250.